The van der Waals surface area contributed by atoms with Gasteiger partial charge in [0.2, 0.25) is 0 Å². The van der Waals surface area contributed by atoms with Crippen molar-refractivity contribution in [3.05, 3.63) is 0 Å². The Morgan fingerprint density at radius 1 is 1.55 bits per heavy atom. The van der Waals surface area contributed by atoms with E-state index in [4.69, 9.17) is 39.5 Å². The largest absolute Gasteiger partial charge is 0.373 e. The zero-order chi connectivity index (χ0) is 8.48. The molecule has 0 N–H and O–H groups in total. The molecule has 1 fully saturated rings. The van der Waals surface area contributed by atoms with Gasteiger partial charge >= 0.3 is 0 Å². The summed E-state index contributed by atoms with van der Waals surface area (Å²) < 4.78 is 3.96. The molecule has 0 bridgehead atoms. The fraction of sp³-hybridized carbons (Fsp3) is 1.00. The highest BCUT2D eigenvalue weighted by atomic mass is 35.6. The lowest BCUT2D eigenvalue weighted by Crippen LogP contribution is -2.10. The van der Waals surface area contributed by atoms with E-state index in [-0.39, 0.29) is 0 Å². The van der Waals surface area contributed by atoms with E-state index in [0.29, 0.717) is 18.4 Å². The van der Waals surface area contributed by atoms with Crippen LogP contribution in [0.1, 0.15) is 19.8 Å². The van der Waals surface area contributed by atoms with Crippen LogP contribution in [0.5, 0.6) is 0 Å². The van der Waals surface area contributed by atoms with Crippen LogP contribution in [0.3, 0.4) is 0 Å². The number of ether oxygens (including phenoxy) is 1. The van der Waals surface area contributed by atoms with E-state index in [2.05, 4.69) is 6.92 Å². The predicted molar refractivity (Wildman–Crippen MR) is 48.4 cm³/mol. The van der Waals surface area contributed by atoms with Crippen LogP contribution < -0.4 is 0 Å². The van der Waals surface area contributed by atoms with Crippen molar-refractivity contribution in [2.75, 3.05) is 6.61 Å². The van der Waals surface area contributed by atoms with Crippen LogP contribution >= 0.6 is 34.8 Å². The monoisotopic (exact) mass is 216 g/mol. The van der Waals surface area contributed by atoms with Crippen LogP contribution in [0, 0.1) is 5.92 Å². The number of halogens is 3. The van der Waals surface area contributed by atoms with E-state index in [9.17, 15) is 0 Å². The zero-order valence-electron chi connectivity index (χ0n) is 6.32. The number of epoxide rings is 1. The molecule has 11 heavy (non-hydrogen) atoms. The van der Waals surface area contributed by atoms with Crippen molar-refractivity contribution < 1.29 is 4.74 Å². The van der Waals surface area contributed by atoms with Gasteiger partial charge < -0.3 is 4.74 Å². The molecule has 66 valence electrons. The fourth-order valence-corrected chi connectivity index (χ4v) is 1.92. The van der Waals surface area contributed by atoms with E-state index >= 15 is 0 Å². The van der Waals surface area contributed by atoms with Crippen LogP contribution in [0.2, 0.25) is 0 Å². The molecule has 0 spiro atoms. The first-order valence-electron chi connectivity index (χ1n) is 3.66. The molecule has 1 aliphatic rings. The molecule has 0 amide bonds. The summed E-state index contributed by atoms with van der Waals surface area (Å²) in [6, 6.07) is 0. The van der Waals surface area contributed by atoms with E-state index in [1.807, 2.05) is 0 Å². The Balaban J connectivity index is 2.13. The van der Waals surface area contributed by atoms with Gasteiger partial charge in [-0.15, -0.1) is 0 Å². The second-order valence-corrected chi connectivity index (χ2v) is 5.63. The van der Waals surface area contributed by atoms with E-state index in [0.717, 1.165) is 13.0 Å². The lowest BCUT2D eigenvalue weighted by Gasteiger charge is -2.15. The van der Waals surface area contributed by atoms with Crippen molar-refractivity contribution in [1.82, 2.24) is 0 Å². The third kappa shape index (κ3) is 5.13. The molecule has 0 aromatic carbocycles. The molecule has 0 aliphatic carbocycles. The van der Waals surface area contributed by atoms with Crippen LogP contribution in [0.25, 0.3) is 0 Å². The standard InChI is InChI=1S/C7H11Cl3O/c1-5(2-6-4-11-6)3-7(8,9)10/h5-6H,2-4H2,1H3. The minimum Gasteiger partial charge on any atom is -0.373 e. The number of rotatable bonds is 3. The average Bonchev–Trinajstić information content (AvgIpc) is 2.42. The van der Waals surface area contributed by atoms with Gasteiger partial charge in [0.15, 0.2) is 3.79 Å². The van der Waals surface area contributed by atoms with Crippen LogP contribution in [-0.4, -0.2) is 16.5 Å². The normalized spacial score (nSPS) is 26.7. The Morgan fingerprint density at radius 3 is 2.45 bits per heavy atom. The first-order valence-corrected chi connectivity index (χ1v) is 4.79. The Hall–Kier alpha value is 0.830. The number of hydrogen-bond acceptors (Lipinski definition) is 1. The van der Waals surface area contributed by atoms with E-state index in [1.165, 1.54) is 0 Å². The van der Waals surface area contributed by atoms with Crippen molar-refractivity contribution in [3.63, 3.8) is 0 Å². The summed E-state index contributed by atoms with van der Waals surface area (Å²) in [6.07, 6.45) is 2.04. The van der Waals surface area contributed by atoms with Gasteiger partial charge in [-0.3, -0.25) is 0 Å². The molecule has 0 saturated carbocycles. The molecular formula is C7H11Cl3O. The Bertz CT molecular complexity index is 128. The molecule has 1 rings (SSSR count). The Morgan fingerprint density at radius 2 is 2.09 bits per heavy atom. The van der Waals surface area contributed by atoms with Crippen molar-refractivity contribution in [2.45, 2.75) is 29.7 Å². The van der Waals surface area contributed by atoms with Crippen molar-refractivity contribution in [2.24, 2.45) is 5.92 Å². The average molecular weight is 218 g/mol. The molecule has 0 radical (unpaired) electrons. The van der Waals surface area contributed by atoms with Crippen LogP contribution in [0.4, 0.5) is 0 Å². The molecule has 4 heteroatoms. The predicted octanol–water partition coefficient (Wildman–Crippen LogP) is 3.17. The third-order valence-corrected chi connectivity index (χ3v) is 2.11. The van der Waals surface area contributed by atoms with Gasteiger partial charge in [-0.05, 0) is 18.8 Å². The molecule has 2 unspecified atom stereocenters. The minimum atomic E-state index is -1.10. The SMILES string of the molecule is CC(CC1CO1)CC(Cl)(Cl)Cl. The highest BCUT2D eigenvalue weighted by Gasteiger charge is 2.29. The lowest BCUT2D eigenvalue weighted by atomic mass is 10.0. The molecule has 1 nitrogen and oxygen atoms in total. The van der Waals surface area contributed by atoms with Gasteiger partial charge in [0.05, 0.1) is 12.7 Å². The highest BCUT2D eigenvalue weighted by molar-refractivity contribution is 6.67. The molecular weight excluding hydrogens is 206 g/mol. The van der Waals surface area contributed by atoms with Crippen LogP contribution in [-0.2, 0) is 4.74 Å². The quantitative estimate of drug-likeness (QED) is 0.523. The van der Waals surface area contributed by atoms with Gasteiger partial charge in [-0.1, -0.05) is 41.7 Å². The number of hydrogen-bond donors (Lipinski definition) is 0. The van der Waals surface area contributed by atoms with Crippen molar-refractivity contribution in [3.8, 4) is 0 Å². The fourth-order valence-electron chi connectivity index (χ4n) is 1.13. The molecule has 1 saturated heterocycles. The second kappa shape index (κ2) is 3.69. The summed E-state index contributed by atoms with van der Waals surface area (Å²) in [4.78, 5) is 0. The third-order valence-electron chi connectivity index (χ3n) is 1.65. The maximum Gasteiger partial charge on any atom is 0.190 e. The van der Waals surface area contributed by atoms with Gasteiger partial charge in [0.1, 0.15) is 0 Å². The summed E-state index contributed by atoms with van der Waals surface area (Å²) in [5.41, 5.74) is 0. The lowest BCUT2D eigenvalue weighted by molar-refractivity contribution is 0.355. The minimum absolute atomic E-state index is 0.426. The summed E-state index contributed by atoms with van der Waals surface area (Å²) in [5, 5.41) is 0. The van der Waals surface area contributed by atoms with E-state index in [1.54, 1.807) is 0 Å². The number of alkyl halides is 3. The van der Waals surface area contributed by atoms with E-state index < -0.39 is 3.79 Å². The summed E-state index contributed by atoms with van der Waals surface area (Å²) in [7, 11) is 0. The van der Waals surface area contributed by atoms with Crippen molar-refractivity contribution in [1.29, 1.82) is 0 Å². The van der Waals surface area contributed by atoms with Crippen molar-refractivity contribution >= 4 is 34.8 Å². The molecule has 0 aromatic rings. The smallest absolute Gasteiger partial charge is 0.190 e. The highest BCUT2D eigenvalue weighted by Crippen LogP contribution is 2.35. The molecule has 1 aliphatic heterocycles. The molecule has 0 aromatic heterocycles. The second-order valence-electron chi connectivity index (χ2n) is 3.12. The Kier molecular flexibility index (Phi) is 3.33. The van der Waals surface area contributed by atoms with Gasteiger partial charge in [-0.2, -0.15) is 0 Å². The van der Waals surface area contributed by atoms with Gasteiger partial charge in [0, 0.05) is 0 Å². The summed E-state index contributed by atoms with van der Waals surface area (Å²) >= 11 is 16.9. The first kappa shape index (κ1) is 9.91. The molecule has 2 atom stereocenters. The zero-order valence-corrected chi connectivity index (χ0v) is 8.59. The summed E-state index contributed by atoms with van der Waals surface area (Å²) in [6.45, 7) is 2.95. The molecule has 1 heterocycles. The van der Waals surface area contributed by atoms with Gasteiger partial charge in [-0.25, -0.2) is 0 Å². The van der Waals surface area contributed by atoms with Gasteiger partial charge in [0.25, 0.3) is 0 Å². The van der Waals surface area contributed by atoms with Crippen LogP contribution in [0.15, 0.2) is 0 Å². The maximum absolute atomic E-state index is 5.62. The topological polar surface area (TPSA) is 12.5 Å². The Labute approximate surface area is 81.9 Å². The first-order chi connectivity index (χ1) is 4.97. The maximum atomic E-state index is 5.62. The summed E-state index contributed by atoms with van der Waals surface area (Å²) in [5.74, 6) is 0.426.